The maximum absolute atomic E-state index is 11.8. The maximum atomic E-state index is 11.8. The second-order valence-corrected chi connectivity index (χ2v) is 5.55. The van der Waals surface area contributed by atoms with Gasteiger partial charge < -0.3 is 10.6 Å². The molecule has 2 N–H and O–H groups in total. The van der Waals surface area contributed by atoms with Crippen LogP contribution in [-0.2, 0) is 0 Å². The minimum absolute atomic E-state index is 0.148. The molecule has 0 atom stereocenters. The van der Waals surface area contributed by atoms with Crippen molar-refractivity contribution in [2.24, 2.45) is 0 Å². The van der Waals surface area contributed by atoms with Gasteiger partial charge in [-0.1, -0.05) is 29.3 Å². The molecule has 1 saturated carbocycles. The van der Waals surface area contributed by atoms with Crippen molar-refractivity contribution in [3.63, 3.8) is 0 Å². The van der Waals surface area contributed by atoms with E-state index in [2.05, 4.69) is 20.6 Å². The topological polar surface area (TPSA) is 66.9 Å². The van der Waals surface area contributed by atoms with Crippen LogP contribution in [0.1, 0.15) is 23.2 Å². The van der Waals surface area contributed by atoms with Crippen LogP contribution in [0.3, 0.4) is 0 Å². The molecule has 1 aliphatic rings. The highest BCUT2D eigenvalue weighted by molar-refractivity contribution is 6.43. The average Bonchev–Trinajstić information content (AvgIpc) is 3.28. The van der Waals surface area contributed by atoms with E-state index in [1.807, 2.05) is 0 Å². The van der Waals surface area contributed by atoms with E-state index >= 15 is 0 Å². The first-order chi connectivity index (χ1) is 10.1. The van der Waals surface area contributed by atoms with Crippen molar-refractivity contribution < 1.29 is 4.79 Å². The Labute approximate surface area is 131 Å². The van der Waals surface area contributed by atoms with Gasteiger partial charge in [-0.3, -0.25) is 4.79 Å². The number of rotatable bonds is 4. The summed E-state index contributed by atoms with van der Waals surface area (Å²) in [5.41, 5.74) is 1.05. The third kappa shape index (κ3) is 3.43. The van der Waals surface area contributed by atoms with E-state index in [1.54, 1.807) is 18.2 Å². The molecular weight excluding hydrogens is 311 g/mol. The molecule has 5 nitrogen and oxygen atoms in total. The second-order valence-electron chi connectivity index (χ2n) is 4.77. The van der Waals surface area contributed by atoms with E-state index in [1.165, 1.54) is 12.4 Å². The van der Waals surface area contributed by atoms with E-state index in [0.29, 0.717) is 33.3 Å². The molecule has 1 aromatic carbocycles. The second kappa shape index (κ2) is 5.87. The lowest BCUT2D eigenvalue weighted by Crippen LogP contribution is -2.25. The fourth-order valence-electron chi connectivity index (χ4n) is 1.73. The van der Waals surface area contributed by atoms with Gasteiger partial charge >= 0.3 is 0 Å². The summed E-state index contributed by atoms with van der Waals surface area (Å²) >= 11 is 12.0. The molecule has 7 heteroatoms. The predicted molar refractivity (Wildman–Crippen MR) is 82.3 cm³/mol. The molecule has 0 radical (unpaired) electrons. The van der Waals surface area contributed by atoms with Crippen molar-refractivity contribution in [3.05, 3.63) is 46.2 Å². The SMILES string of the molecule is O=C(NC1CC1)c1cnc(Nc2cccc(Cl)c2Cl)nc1. The maximum Gasteiger partial charge on any atom is 0.254 e. The summed E-state index contributed by atoms with van der Waals surface area (Å²) in [6, 6.07) is 5.54. The summed E-state index contributed by atoms with van der Waals surface area (Å²) in [6.07, 6.45) is 5.04. The number of amides is 1. The molecule has 0 bridgehead atoms. The number of anilines is 2. The van der Waals surface area contributed by atoms with Gasteiger partial charge in [0.25, 0.3) is 5.91 Å². The predicted octanol–water partition coefficient (Wildman–Crippen LogP) is 3.42. The van der Waals surface area contributed by atoms with Crippen molar-refractivity contribution in [1.29, 1.82) is 0 Å². The number of hydrogen-bond donors (Lipinski definition) is 2. The largest absolute Gasteiger partial charge is 0.349 e. The van der Waals surface area contributed by atoms with Crippen molar-refractivity contribution in [2.45, 2.75) is 18.9 Å². The van der Waals surface area contributed by atoms with Crippen LogP contribution < -0.4 is 10.6 Å². The van der Waals surface area contributed by atoms with Crippen LogP contribution in [0.4, 0.5) is 11.6 Å². The number of aromatic nitrogens is 2. The Bertz CT molecular complexity index is 671. The third-order valence-corrected chi connectivity index (χ3v) is 3.84. The number of nitrogens with zero attached hydrogens (tertiary/aromatic N) is 2. The van der Waals surface area contributed by atoms with Crippen LogP contribution in [0.2, 0.25) is 10.0 Å². The molecule has 0 saturated heterocycles. The molecule has 0 aliphatic heterocycles. The Balaban J connectivity index is 1.71. The quantitative estimate of drug-likeness (QED) is 0.905. The Morgan fingerprint density at radius 3 is 2.57 bits per heavy atom. The Hall–Kier alpha value is -1.85. The van der Waals surface area contributed by atoms with E-state index in [9.17, 15) is 4.79 Å². The highest BCUT2D eigenvalue weighted by Gasteiger charge is 2.24. The highest BCUT2D eigenvalue weighted by atomic mass is 35.5. The molecule has 21 heavy (non-hydrogen) atoms. The summed E-state index contributed by atoms with van der Waals surface area (Å²) in [4.78, 5) is 20.0. The minimum Gasteiger partial charge on any atom is -0.349 e. The molecule has 1 fully saturated rings. The van der Waals surface area contributed by atoms with Gasteiger partial charge in [0, 0.05) is 18.4 Å². The van der Waals surface area contributed by atoms with Gasteiger partial charge in [0.2, 0.25) is 5.95 Å². The molecular formula is C14H12Cl2N4O. The first-order valence-corrected chi connectivity index (χ1v) is 7.23. The average molecular weight is 323 g/mol. The van der Waals surface area contributed by atoms with Crippen molar-refractivity contribution in [2.75, 3.05) is 5.32 Å². The number of carbonyl (C=O) groups excluding carboxylic acids is 1. The van der Waals surface area contributed by atoms with Crippen LogP contribution in [-0.4, -0.2) is 21.9 Å². The molecule has 1 heterocycles. The van der Waals surface area contributed by atoms with E-state index < -0.39 is 0 Å². The minimum atomic E-state index is -0.148. The number of carbonyl (C=O) groups is 1. The zero-order chi connectivity index (χ0) is 14.8. The Morgan fingerprint density at radius 1 is 1.19 bits per heavy atom. The van der Waals surface area contributed by atoms with Gasteiger partial charge in [-0.2, -0.15) is 0 Å². The van der Waals surface area contributed by atoms with Crippen LogP contribution >= 0.6 is 23.2 Å². The summed E-state index contributed by atoms with van der Waals surface area (Å²) in [5.74, 6) is 0.201. The van der Waals surface area contributed by atoms with Gasteiger partial charge in [-0.25, -0.2) is 9.97 Å². The Kier molecular flexibility index (Phi) is 3.94. The van der Waals surface area contributed by atoms with Crippen LogP contribution in [0.25, 0.3) is 0 Å². The molecule has 108 valence electrons. The zero-order valence-electron chi connectivity index (χ0n) is 10.9. The summed E-state index contributed by atoms with van der Waals surface area (Å²) in [5, 5.41) is 6.69. The van der Waals surface area contributed by atoms with E-state index in [-0.39, 0.29) is 5.91 Å². The van der Waals surface area contributed by atoms with Gasteiger partial charge in [0.15, 0.2) is 0 Å². The number of benzene rings is 1. The highest BCUT2D eigenvalue weighted by Crippen LogP contribution is 2.30. The third-order valence-electron chi connectivity index (χ3n) is 3.02. The molecule has 1 aromatic heterocycles. The summed E-state index contributed by atoms with van der Waals surface area (Å²) < 4.78 is 0. The van der Waals surface area contributed by atoms with Crippen molar-refractivity contribution in [1.82, 2.24) is 15.3 Å². The lowest BCUT2D eigenvalue weighted by Gasteiger charge is -2.08. The van der Waals surface area contributed by atoms with Crippen LogP contribution in [0.15, 0.2) is 30.6 Å². The van der Waals surface area contributed by atoms with Gasteiger partial charge in [-0.15, -0.1) is 0 Å². The lowest BCUT2D eigenvalue weighted by molar-refractivity contribution is 0.0950. The molecule has 1 amide bonds. The van der Waals surface area contributed by atoms with E-state index in [0.717, 1.165) is 12.8 Å². The molecule has 1 aliphatic carbocycles. The summed E-state index contributed by atoms with van der Waals surface area (Å²) in [6.45, 7) is 0. The smallest absolute Gasteiger partial charge is 0.254 e. The van der Waals surface area contributed by atoms with Crippen LogP contribution in [0.5, 0.6) is 0 Å². The number of nitrogens with one attached hydrogen (secondary N) is 2. The molecule has 2 aromatic rings. The normalized spacial score (nSPS) is 13.8. The van der Waals surface area contributed by atoms with Gasteiger partial charge in [0.1, 0.15) is 0 Å². The van der Waals surface area contributed by atoms with E-state index in [4.69, 9.17) is 23.2 Å². The van der Waals surface area contributed by atoms with Gasteiger partial charge in [0.05, 0.1) is 21.3 Å². The zero-order valence-corrected chi connectivity index (χ0v) is 12.4. The van der Waals surface area contributed by atoms with Gasteiger partial charge in [-0.05, 0) is 25.0 Å². The van der Waals surface area contributed by atoms with Crippen molar-refractivity contribution >= 4 is 40.7 Å². The first kappa shape index (κ1) is 14.1. The molecule has 0 unspecified atom stereocenters. The van der Waals surface area contributed by atoms with Crippen molar-refractivity contribution in [3.8, 4) is 0 Å². The standard InChI is InChI=1S/C14H12Cl2N4O/c15-10-2-1-3-11(12(10)16)20-14-17-6-8(7-18-14)13(21)19-9-4-5-9/h1-3,6-7,9H,4-5H2,(H,19,21)(H,17,18,20). The fourth-order valence-corrected chi connectivity index (χ4v) is 2.07. The van der Waals surface area contributed by atoms with Crippen LogP contribution in [0, 0.1) is 0 Å². The molecule has 0 spiro atoms. The first-order valence-electron chi connectivity index (χ1n) is 6.47. The Morgan fingerprint density at radius 2 is 1.90 bits per heavy atom. The fraction of sp³-hybridized carbons (Fsp3) is 0.214. The molecule has 3 rings (SSSR count). The number of halogens is 2. The number of hydrogen-bond acceptors (Lipinski definition) is 4. The summed E-state index contributed by atoms with van der Waals surface area (Å²) in [7, 11) is 0. The monoisotopic (exact) mass is 322 g/mol. The lowest BCUT2D eigenvalue weighted by atomic mass is 10.3.